The molecule has 0 aromatic heterocycles. The number of hydrogen-bond acceptors (Lipinski definition) is 4. The number of carbonyl (C=O) groups is 1. The van der Waals surface area contributed by atoms with Crippen molar-refractivity contribution in [3.8, 4) is 0 Å². The Morgan fingerprint density at radius 2 is 2.00 bits per heavy atom. The minimum absolute atomic E-state index is 0.0233. The van der Waals surface area contributed by atoms with E-state index in [-0.39, 0.29) is 22.4 Å². The number of ether oxygens (including phenoxy) is 1. The molecule has 208 valence electrons. The summed E-state index contributed by atoms with van der Waals surface area (Å²) < 4.78 is 20.4. The van der Waals surface area contributed by atoms with Gasteiger partial charge in [0.1, 0.15) is 5.82 Å². The van der Waals surface area contributed by atoms with Gasteiger partial charge in [-0.1, -0.05) is 55.8 Å². The monoisotopic (exact) mass is 536 g/mol. The maximum atomic E-state index is 15.2. The first-order valence-electron chi connectivity index (χ1n) is 14.6. The number of aliphatic hydroxyl groups is 1. The lowest BCUT2D eigenvalue weighted by Gasteiger charge is -2.44. The van der Waals surface area contributed by atoms with Crippen molar-refractivity contribution in [1.82, 2.24) is 10.2 Å². The van der Waals surface area contributed by atoms with E-state index in [9.17, 15) is 9.90 Å². The average molecular weight is 537 g/mol. The van der Waals surface area contributed by atoms with Crippen molar-refractivity contribution in [2.45, 2.75) is 82.7 Å². The highest BCUT2D eigenvalue weighted by molar-refractivity contribution is 6.30. The van der Waals surface area contributed by atoms with E-state index in [0.29, 0.717) is 50.8 Å². The van der Waals surface area contributed by atoms with Crippen molar-refractivity contribution < 1.29 is 19.0 Å². The van der Waals surface area contributed by atoms with Crippen LogP contribution in [-0.2, 0) is 15.1 Å². The molecule has 3 aliphatic rings. The van der Waals surface area contributed by atoms with Crippen LogP contribution in [0.2, 0.25) is 5.02 Å². The van der Waals surface area contributed by atoms with Gasteiger partial charge in [0.15, 0.2) is 0 Å². The molecule has 1 amide bonds. The van der Waals surface area contributed by atoms with Gasteiger partial charge in [0.25, 0.3) is 0 Å². The average Bonchev–Trinajstić information content (AvgIpc) is 2.93. The van der Waals surface area contributed by atoms with E-state index >= 15 is 4.39 Å². The van der Waals surface area contributed by atoms with Gasteiger partial charge in [0.05, 0.1) is 10.6 Å². The molecule has 0 radical (unpaired) electrons. The number of hydrogen-bond donors (Lipinski definition) is 2. The van der Waals surface area contributed by atoms with E-state index in [0.717, 1.165) is 38.3 Å². The van der Waals surface area contributed by atoms with Crippen LogP contribution in [-0.4, -0.2) is 55.8 Å². The summed E-state index contributed by atoms with van der Waals surface area (Å²) in [5.41, 5.74) is -1.12. The van der Waals surface area contributed by atoms with Crippen LogP contribution in [0.25, 0.3) is 0 Å². The zero-order valence-electron chi connectivity index (χ0n) is 22.5. The van der Waals surface area contributed by atoms with Gasteiger partial charge in [-0.15, -0.1) is 0 Å². The van der Waals surface area contributed by atoms with Crippen molar-refractivity contribution in [2.75, 3.05) is 39.9 Å². The second-order valence-electron chi connectivity index (χ2n) is 11.7. The smallest absolute Gasteiger partial charge is 0.222 e. The van der Waals surface area contributed by atoms with Gasteiger partial charge in [0.2, 0.25) is 5.91 Å². The van der Waals surface area contributed by atoms with Crippen molar-refractivity contribution >= 4 is 17.5 Å². The van der Waals surface area contributed by atoms with Gasteiger partial charge in [-0.3, -0.25) is 4.79 Å². The van der Waals surface area contributed by atoms with Crippen LogP contribution >= 0.6 is 11.6 Å². The Morgan fingerprint density at radius 1 is 1.19 bits per heavy atom. The number of rotatable bonds is 10. The van der Waals surface area contributed by atoms with Gasteiger partial charge in [0, 0.05) is 44.7 Å². The highest BCUT2D eigenvalue weighted by Crippen LogP contribution is 2.43. The summed E-state index contributed by atoms with van der Waals surface area (Å²) in [6.45, 7) is 3.74. The Hall–Kier alpha value is -1.21. The summed E-state index contributed by atoms with van der Waals surface area (Å²) in [5, 5.41) is 15.6. The van der Waals surface area contributed by atoms with Gasteiger partial charge < -0.3 is 20.1 Å². The van der Waals surface area contributed by atoms with E-state index in [1.807, 2.05) is 4.90 Å². The molecule has 3 fully saturated rings. The van der Waals surface area contributed by atoms with Gasteiger partial charge in [-0.2, -0.15) is 0 Å². The third kappa shape index (κ3) is 7.06. The Bertz CT molecular complexity index is 880. The minimum atomic E-state index is -1.38. The van der Waals surface area contributed by atoms with Crippen LogP contribution in [0.1, 0.15) is 82.6 Å². The largest absolute Gasteiger partial charge is 0.385 e. The van der Waals surface area contributed by atoms with Crippen LogP contribution in [0.15, 0.2) is 18.2 Å². The van der Waals surface area contributed by atoms with Crippen molar-refractivity contribution in [1.29, 1.82) is 0 Å². The molecule has 2 heterocycles. The van der Waals surface area contributed by atoms with Crippen molar-refractivity contribution in [3.05, 3.63) is 34.6 Å². The molecule has 2 aliphatic heterocycles. The molecule has 0 bridgehead atoms. The van der Waals surface area contributed by atoms with Gasteiger partial charge in [-0.25, -0.2) is 4.39 Å². The molecule has 7 heteroatoms. The van der Waals surface area contributed by atoms with E-state index in [1.54, 1.807) is 19.2 Å². The first-order valence-corrected chi connectivity index (χ1v) is 15.0. The number of benzene rings is 1. The molecular weight excluding hydrogens is 491 g/mol. The fraction of sp³-hybridized carbons (Fsp3) is 0.767. The molecule has 1 aromatic rings. The van der Waals surface area contributed by atoms with E-state index in [2.05, 4.69) is 5.32 Å². The number of halogens is 2. The van der Waals surface area contributed by atoms with Crippen LogP contribution in [0.3, 0.4) is 0 Å². The first kappa shape index (κ1) is 28.8. The lowest BCUT2D eigenvalue weighted by Crippen LogP contribution is -2.50. The minimum Gasteiger partial charge on any atom is -0.385 e. The molecule has 4 atom stereocenters. The van der Waals surface area contributed by atoms with Gasteiger partial charge >= 0.3 is 0 Å². The Morgan fingerprint density at radius 3 is 2.78 bits per heavy atom. The van der Waals surface area contributed by atoms with Gasteiger partial charge in [-0.05, 0) is 75.4 Å². The SMILES string of the molecule is COCCCC[C@@](O)(c1cccc(Cl)c1F)[C@@H]1CCCN(C(=O)C[C@@H]2CNCC[C@H]2C2CCCCC2)C1. The lowest BCUT2D eigenvalue weighted by atomic mass is 9.70. The number of methoxy groups -OCH3 is 1. The molecule has 37 heavy (non-hydrogen) atoms. The molecule has 4 rings (SSSR count). The highest BCUT2D eigenvalue weighted by Gasteiger charge is 2.43. The standard InChI is InChI=1S/C30H46ClFN2O3/c1-37-18-6-5-15-30(36,26-12-7-13-27(31)29(26)32)24-11-8-17-34(21-24)28(35)19-23-20-33-16-14-25(23)22-9-3-2-4-10-22/h7,12-13,22-25,33,36H,2-6,8-11,14-21H2,1H3/t23-,24-,25+,30+/m1/s1. The molecule has 2 N–H and O–H groups in total. The molecule has 0 spiro atoms. The van der Waals surface area contributed by atoms with E-state index in [4.69, 9.17) is 16.3 Å². The summed E-state index contributed by atoms with van der Waals surface area (Å²) in [6.07, 6.45) is 11.8. The molecular formula is C30H46ClFN2O3. The number of nitrogens with one attached hydrogen (secondary N) is 1. The summed E-state index contributed by atoms with van der Waals surface area (Å²) >= 11 is 6.13. The molecule has 2 saturated heterocycles. The summed E-state index contributed by atoms with van der Waals surface area (Å²) in [4.78, 5) is 15.6. The lowest BCUT2D eigenvalue weighted by molar-refractivity contribution is -0.138. The highest BCUT2D eigenvalue weighted by atomic mass is 35.5. The number of piperidine rings is 2. The first-order chi connectivity index (χ1) is 17.9. The fourth-order valence-corrected chi connectivity index (χ4v) is 7.51. The van der Waals surface area contributed by atoms with E-state index in [1.165, 1.54) is 44.6 Å². The Balaban J connectivity index is 1.47. The molecule has 1 aromatic carbocycles. The fourth-order valence-electron chi connectivity index (χ4n) is 7.33. The summed E-state index contributed by atoms with van der Waals surface area (Å²) in [7, 11) is 1.66. The maximum absolute atomic E-state index is 15.2. The summed E-state index contributed by atoms with van der Waals surface area (Å²) in [6, 6.07) is 4.87. The van der Waals surface area contributed by atoms with Crippen LogP contribution in [0, 0.1) is 29.5 Å². The molecule has 0 unspecified atom stereocenters. The Labute approximate surface area is 227 Å². The van der Waals surface area contributed by atoms with Crippen LogP contribution in [0.4, 0.5) is 4.39 Å². The zero-order chi connectivity index (χ0) is 26.3. The number of likely N-dealkylation sites (tertiary alicyclic amines) is 1. The topological polar surface area (TPSA) is 61.8 Å². The number of unbranched alkanes of at least 4 members (excludes halogenated alkanes) is 1. The maximum Gasteiger partial charge on any atom is 0.222 e. The number of carbonyl (C=O) groups excluding carboxylic acids is 1. The molecule has 5 nitrogen and oxygen atoms in total. The quantitative estimate of drug-likeness (QED) is 0.364. The normalized spacial score (nSPS) is 27.1. The van der Waals surface area contributed by atoms with Crippen molar-refractivity contribution in [3.63, 3.8) is 0 Å². The number of amides is 1. The predicted octanol–water partition coefficient (Wildman–Crippen LogP) is 5.92. The molecule has 1 saturated carbocycles. The zero-order valence-corrected chi connectivity index (χ0v) is 23.3. The van der Waals surface area contributed by atoms with Crippen molar-refractivity contribution in [2.24, 2.45) is 23.7 Å². The van der Waals surface area contributed by atoms with Crippen LogP contribution in [0.5, 0.6) is 0 Å². The second-order valence-corrected chi connectivity index (χ2v) is 12.1. The predicted molar refractivity (Wildman–Crippen MR) is 146 cm³/mol. The molecule has 1 aliphatic carbocycles. The third-order valence-electron chi connectivity index (χ3n) is 9.38. The number of nitrogens with zero attached hydrogens (tertiary/aromatic N) is 1. The second kappa shape index (κ2) is 13.7. The summed E-state index contributed by atoms with van der Waals surface area (Å²) in [5.74, 6) is 1.16. The Kier molecular flexibility index (Phi) is 10.7. The van der Waals surface area contributed by atoms with Crippen LogP contribution < -0.4 is 5.32 Å². The third-order valence-corrected chi connectivity index (χ3v) is 9.67. The van der Waals surface area contributed by atoms with E-state index < -0.39 is 11.4 Å².